The van der Waals surface area contributed by atoms with E-state index in [2.05, 4.69) is 0 Å². The average molecular weight is 178 g/mol. The van der Waals surface area contributed by atoms with Crippen molar-refractivity contribution in [3.8, 4) is 0 Å². The third kappa shape index (κ3) is 23.2. The highest BCUT2D eigenvalue weighted by molar-refractivity contribution is 5.75. The van der Waals surface area contributed by atoms with Crippen LogP contribution in [0, 0.1) is 0 Å². The molecule has 0 spiro atoms. The lowest BCUT2D eigenvalue weighted by Crippen LogP contribution is -2.11. The molecule has 0 aliphatic carbocycles. The summed E-state index contributed by atoms with van der Waals surface area (Å²) in [6.07, 6.45) is -0.593. The van der Waals surface area contributed by atoms with Gasteiger partial charge in [0.05, 0.1) is 12.8 Å². The van der Waals surface area contributed by atoms with Gasteiger partial charge in [0.1, 0.15) is 0 Å². The molecule has 0 bridgehead atoms. The van der Waals surface area contributed by atoms with E-state index in [-0.39, 0.29) is 12.8 Å². The molecule has 0 radical (unpaired) electrons. The van der Waals surface area contributed by atoms with Crippen LogP contribution in [0.5, 0.6) is 0 Å². The molecule has 0 rings (SSSR count). The van der Waals surface area contributed by atoms with Crippen LogP contribution in [0.3, 0.4) is 0 Å². The van der Waals surface area contributed by atoms with Crippen LogP contribution in [0.4, 0.5) is 0 Å². The van der Waals surface area contributed by atoms with E-state index in [9.17, 15) is 9.59 Å². The summed E-state index contributed by atoms with van der Waals surface area (Å²) in [5.74, 6) is -2.15. The maximum absolute atomic E-state index is 9.64. The van der Waals surface area contributed by atoms with E-state index < -0.39 is 11.9 Å². The van der Waals surface area contributed by atoms with Crippen molar-refractivity contribution in [1.29, 1.82) is 0 Å². The Labute approximate surface area is 70.2 Å². The summed E-state index contributed by atoms with van der Waals surface area (Å²) in [6, 6.07) is 0. The number of hydrogen-bond acceptors (Lipinski definition) is 4. The van der Waals surface area contributed by atoms with Crippen molar-refractivity contribution in [2.45, 2.75) is 12.8 Å². The SMILES string of the molecule is NCCN.O=C(O)CCC(=O)O. The number of carbonyl (C=O) groups is 2. The molecule has 6 nitrogen and oxygen atoms in total. The van der Waals surface area contributed by atoms with Gasteiger partial charge in [0.25, 0.3) is 0 Å². The summed E-state index contributed by atoms with van der Waals surface area (Å²) in [7, 11) is 0. The lowest BCUT2D eigenvalue weighted by Gasteiger charge is -1.85. The van der Waals surface area contributed by atoms with Gasteiger partial charge in [0.2, 0.25) is 0 Å². The van der Waals surface area contributed by atoms with Crippen molar-refractivity contribution in [3.05, 3.63) is 0 Å². The first-order valence-electron chi connectivity index (χ1n) is 3.38. The summed E-state index contributed by atoms with van der Waals surface area (Å²) in [5, 5.41) is 15.8. The van der Waals surface area contributed by atoms with Gasteiger partial charge in [-0.2, -0.15) is 0 Å². The molecule has 0 amide bonds. The van der Waals surface area contributed by atoms with Crippen molar-refractivity contribution in [2.75, 3.05) is 13.1 Å². The Morgan fingerprint density at radius 3 is 1.25 bits per heavy atom. The van der Waals surface area contributed by atoms with E-state index in [1.54, 1.807) is 0 Å². The minimum Gasteiger partial charge on any atom is -0.481 e. The zero-order valence-electron chi connectivity index (χ0n) is 6.69. The van der Waals surface area contributed by atoms with E-state index in [1.807, 2.05) is 0 Å². The van der Waals surface area contributed by atoms with Gasteiger partial charge in [-0.1, -0.05) is 0 Å². The summed E-state index contributed by atoms with van der Waals surface area (Å²) in [4.78, 5) is 19.3. The van der Waals surface area contributed by atoms with E-state index in [1.165, 1.54) is 0 Å². The van der Waals surface area contributed by atoms with Crippen molar-refractivity contribution < 1.29 is 19.8 Å². The predicted octanol–water partition coefficient (Wildman–Crippen LogP) is -1.16. The minimum absolute atomic E-state index is 0.296. The van der Waals surface area contributed by atoms with Crippen molar-refractivity contribution in [1.82, 2.24) is 0 Å². The second kappa shape index (κ2) is 9.86. The molecule has 0 aromatic heterocycles. The van der Waals surface area contributed by atoms with E-state index >= 15 is 0 Å². The van der Waals surface area contributed by atoms with Crippen LogP contribution in [0.1, 0.15) is 12.8 Å². The lowest BCUT2D eigenvalue weighted by molar-refractivity contribution is -0.143. The molecular weight excluding hydrogens is 164 g/mol. The van der Waals surface area contributed by atoms with E-state index in [0.29, 0.717) is 13.1 Å². The molecule has 0 unspecified atom stereocenters. The number of carboxylic acids is 2. The van der Waals surface area contributed by atoms with Gasteiger partial charge >= 0.3 is 11.9 Å². The molecule has 0 aliphatic rings. The van der Waals surface area contributed by atoms with Crippen molar-refractivity contribution in [2.24, 2.45) is 11.5 Å². The standard InChI is InChI=1S/C4H6O4.C2H8N2/c5-3(6)1-2-4(7)8;3-1-2-4/h1-2H2,(H,5,6)(H,7,8);1-4H2. The van der Waals surface area contributed by atoms with Gasteiger partial charge in [0.15, 0.2) is 0 Å². The largest absolute Gasteiger partial charge is 0.481 e. The van der Waals surface area contributed by atoms with Crippen LogP contribution in [0.15, 0.2) is 0 Å². The number of aliphatic carboxylic acids is 2. The Bertz CT molecular complexity index is 122. The average Bonchev–Trinajstić information content (AvgIpc) is 2.01. The fraction of sp³-hybridized carbons (Fsp3) is 0.667. The Balaban J connectivity index is 0. The maximum atomic E-state index is 9.64. The smallest absolute Gasteiger partial charge is 0.303 e. The first-order chi connectivity index (χ1) is 5.54. The summed E-state index contributed by atoms with van der Waals surface area (Å²) in [6.45, 7) is 1.19. The van der Waals surface area contributed by atoms with Crippen molar-refractivity contribution >= 4 is 11.9 Å². The molecule has 0 atom stereocenters. The minimum atomic E-state index is -1.08. The zero-order chi connectivity index (χ0) is 9.98. The second-order valence-electron chi connectivity index (χ2n) is 1.86. The Morgan fingerprint density at radius 2 is 1.17 bits per heavy atom. The molecule has 0 aromatic rings. The Kier molecular flexibility index (Phi) is 11.1. The van der Waals surface area contributed by atoms with Crippen LogP contribution in [-0.4, -0.2) is 35.2 Å². The van der Waals surface area contributed by atoms with Gasteiger partial charge in [0, 0.05) is 13.1 Å². The third-order valence-corrected chi connectivity index (χ3v) is 0.719. The summed E-state index contributed by atoms with van der Waals surface area (Å²) < 4.78 is 0. The normalized spacial score (nSPS) is 8.17. The van der Waals surface area contributed by atoms with Gasteiger partial charge < -0.3 is 21.7 Å². The predicted molar refractivity (Wildman–Crippen MR) is 42.6 cm³/mol. The summed E-state index contributed by atoms with van der Waals surface area (Å²) in [5.41, 5.74) is 9.81. The molecule has 0 saturated heterocycles. The first kappa shape index (κ1) is 13.4. The lowest BCUT2D eigenvalue weighted by atomic mass is 10.3. The van der Waals surface area contributed by atoms with Crippen LogP contribution in [0.25, 0.3) is 0 Å². The third-order valence-electron chi connectivity index (χ3n) is 0.719. The fourth-order valence-electron chi connectivity index (χ4n) is 0.214. The topological polar surface area (TPSA) is 127 Å². The van der Waals surface area contributed by atoms with Crippen molar-refractivity contribution in [3.63, 3.8) is 0 Å². The number of hydrogen-bond donors (Lipinski definition) is 4. The molecule has 0 saturated carbocycles. The highest BCUT2D eigenvalue weighted by atomic mass is 16.4. The van der Waals surface area contributed by atoms with Crippen LogP contribution in [-0.2, 0) is 9.59 Å². The fourth-order valence-corrected chi connectivity index (χ4v) is 0.214. The van der Waals surface area contributed by atoms with Crippen LogP contribution in [0.2, 0.25) is 0 Å². The molecule has 6 heteroatoms. The first-order valence-corrected chi connectivity index (χ1v) is 3.38. The molecule has 6 N–H and O–H groups in total. The number of rotatable bonds is 4. The monoisotopic (exact) mass is 178 g/mol. The van der Waals surface area contributed by atoms with E-state index in [4.69, 9.17) is 21.7 Å². The van der Waals surface area contributed by atoms with Gasteiger partial charge in [-0.05, 0) is 0 Å². The van der Waals surface area contributed by atoms with E-state index in [0.717, 1.165) is 0 Å². The molecule has 12 heavy (non-hydrogen) atoms. The summed E-state index contributed by atoms with van der Waals surface area (Å²) >= 11 is 0. The molecule has 72 valence electrons. The number of carboxylic acid groups (broad SMARTS) is 2. The van der Waals surface area contributed by atoms with Gasteiger partial charge in [-0.3, -0.25) is 9.59 Å². The van der Waals surface area contributed by atoms with Crippen LogP contribution < -0.4 is 11.5 Å². The maximum Gasteiger partial charge on any atom is 0.303 e. The number of nitrogens with two attached hydrogens (primary N) is 2. The quantitative estimate of drug-likeness (QED) is 0.430. The zero-order valence-corrected chi connectivity index (χ0v) is 6.69. The molecule has 0 aliphatic heterocycles. The molecule has 0 fully saturated rings. The van der Waals surface area contributed by atoms with Crippen LogP contribution >= 0.6 is 0 Å². The molecule has 0 heterocycles. The molecule has 0 aromatic carbocycles. The highest BCUT2D eigenvalue weighted by Crippen LogP contribution is 1.85. The Hall–Kier alpha value is -1.14. The van der Waals surface area contributed by atoms with Gasteiger partial charge in [-0.15, -0.1) is 0 Å². The highest BCUT2D eigenvalue weighted by Gasteiger charge is 2.00. The Morgan fingerprint density at radius 1 is 0.917 bits per heavy atom. The molecular formula is C6H14N2O4. The second-order valence-corrected chi connectivity index (χ2v) is 1.86. The van der Waals surface area contributed by atoms with Gasteiger partial charge in [-0.25, -0.2) is 0 Å².